The second-order valence-corrected chi connectivity index (χ2v) is 6.42. The lowest BCUT2D eigenvalue weighted by molar-refractivity contribution is 0.592. The van der Waals surface area contributed by atoms with Crippen LogP contribution in [0.15, 0.2) is 10.7 Å². The normalized spacial score (nSPS) is 16.4. The van der Waals surface area contributed by atoms with Crippen molar-refractivity contribution >= 4 is 21.7 Å². The fourth-order valence-corrected chi connectivity index (χ4v) is 2.63. The summed E-state index contributed by atoms with van der Waals surface area (Å²) < 4.78 is 0.894. The van der Waals surface area contributed by atoms with Crippen molar-refractivity contribution in [3.05, 3.63) is 16.5 Å². The molecule has 0 saturated heterocycles. The minimum absolute atomic E-state index is 0.478. The second-order valence-electron chi connectivity index (χ2n) is 5.60. The van der Waals surface area contributed by atoms with Crippen molar-refractivity contribution in [2.45, 2.75) is 70.8 Å². The lowest BCUT2D eigenvalue weighted by Gasteiger charge is -2.15. The Kier molecular flexibility index (Phi) is 5.61. The third-order valence-corrected chi connectivity index (χ3v) is 3.95. The monoisotopic (exact) mass is 325 g/mol. The minimum atomic E-state index is 0.478. The number of rotatable bonds is 8. The predicted octanol–water partition coefficient (Wildman–Crippen LogP) is 4.89. The largest absolute Gasteiger partial charge is 0.367 e. The Morgan fingerprint density at radius 3 is 2.79 bits per heavy atom. The van der Waals surface area contributed by atoms with E-state index in [1.165, 1.54) is 44.9 Å². The Hall–Kier alpha value is -0.640. The van der Waals surface area contributed by atoms with Crippen LogP contribution in [-0.2, 0) is 0 Å². The van der Waals surface area contributed by atoms with Crippen molar-refractivity contribution in [1.82, 2.24) is 9.97 Å². The van der Waals surface area contributed by atoms with Crippen LogP contribution < -0.4 is 5.32 Å². The van der Waals surface area contributed by atoms with Crippen molar-refractivity contribution < 1.29 is 0 Å². The number of nitrogens with zero attached hydrogens (tertiary/aromatic N) is 2. The molecule has 106 valence electrons. The Morgan fingerprint density at radius 1 is 1.32 bits per heavy atom. The number of aromatic nitrogens is 2. The van der Waals surface area contributed by atoms with Gasteiger partial charge < -0.3 is 5.32 Å². The highest BCUT2D eigenvalue weighted by Crippen LogP contribution is 2.38. The molecule has 0 radical (unpaired) electrons. The third-order valence-electron chi connectivity index (χ3n) is 3.54. The van der Waals surface area contributed by atoms with E-state index in [0.29, 0.717) is 12.0 Å². The number of nitrogens with one attached hydrogen (secondary N) is 1. The van der Waals surface area contributed by atoms with E-state index in [0.717, 1.165) is 16.2 Å². The predicted molar refractivity (Wildman–Crippen MR) is 83.6 cm³/mol. The summed E-state index contributed by atoms with van der Waals surface area (Å²) in [7, 11) is 0. The zero-order chi connectivity index (χ0) is 13.7. The van der Waals surface area contributed by atoms with Gasteiger partial charge in [0.15, 0.2) is 0 Å². The van der Waals surface area contributed by atoms with E-state index in [2.05, 4.69) is 45.1 Å². The quantitative estimate of drug-likeness (QED) is 0.546. The number of unbranched alkanes of at least 4 members (excludes halogenated alkanes) is 3. The molecule has 1 unspecified atom stereocenters. The van der Waals surface area contributed by atoms with Crippen molar-refractivity contribution in [2.24, 2.45) is 0 Å². The molecule has 1 aromatic rings. The van der Waals surface area contributed by atoms with Gasteiger partial charge in [-0.2, -0.15) is 0 Å². The maximum Gasteiger partial charge on any atom is 0.135 e. The molecule has 1 saturated carbocycles. The van der Waals surface area contributed by atoms with E-state index in [-0.39, 0.29) is 0 Å². The van der Waals surface area contributed by atoms with Crippen molar-refractivity contribution in [3.63, 3.8) is 0 Å². The first-order chi connectivity index (χ1) is 9.19. The molecule has 1 heterocycles. The van der Waals surface area contributed by atoms with Gasteiger partial charge in [-0.15, -0.1) is 0 Å². The third kappa shape index (κ3) is 5.09. The summed E-state index contributed by atoms with van der Waals surface area (Å²) in [5.41, 5.74) is 0. The number of hydrogen-bond donors (Lipinski definition) is 1. The van der Waals surface area contributed by atoms with Crippen LogP contribution >= 0.6 is 15.9 Å². The molecular weight excluding hydrogens is 302 g/mol. The zero-order valence-corrected chi connectivity index (χ0v) is 13.5. The molecule has 0 amide bonds. The maximum atomic E-state index is 4.63. The van der Waals surface area contributed by atoms with Gasteiger partial charge in [0, 0.05) is 18.0 Å². The van der Waals surface area contributed by atoms with Crippen LogP contribution in [0, 0.1) is 0 Å². The van der Waals surface area contributed by atoms with Crippen LogP contribution in [0.1, 0.15) is 70.5 Å². The molecule has 1 atom stereocenters. The maximum absolute atomic E-state index is 4.63. The molecule has 0 aliphatic heterocycles. The van der Waals surface area contributed by atoms with Gasteiger partial charge in [0.05, 0.1) is 0 Å². The molecule has 1 N–H and O–H groups in total. The van der Waals surface area contributed by atoms with Gasteiger partial charge in [-0.25, -0.2) is 9.97 Å². The fourth-order valence-electron chi connectivity index (χ4n) is 2.24. The van der Waals surface area contributed by atoms with E-state index in [1.54, 1.807) is 0 Å². The fraction of sp³-hybridized carbons (Fsp3) is 0.733. The Bertz CT molecular complexity index is 404. The molecule has 4 heteroatoms. The lowest BCUT2D eigenvalue weighted by Crippen LogP contribution is -2.16. The molecule has 0 spiro atoms. The van der Waals surface area contributed by atoms with E-state index >= 15 is 0 Å². The first-order valence-corrected chi connectivity index (χ1v) is 8.29. The van der Waals surface area contributed by atoms with E-state index in [4.69, 9.17) is 0 Å². The summed E-state index contributed by atoms with van der Waals surface area (Å²) in [6.07, 6.45) is 8.96. The van der Waals surface area contributed by atoms with E-state index < -0.39 is 0 Å². The summed E-state index contributed by atoms with van der Waals surface area (Å²) in [5, 5.41) is 3.50. The van der Waals surface area contributed by atoms with Crippen LogP contribution in [-0.4, -0.2) is 16.0 Å². The zero-order valence-electron chi connectivity index (χ0n) is 12.0. The summed E-state index contributed by atoms with van der Waals surface area (Å²) in [5.74, 6) is 2.56. The van der Waals surface area contributed by atoms with Crippen LogP contribution in [0.3, 0.4) is 0 Å². The summed E-state index contributed by atoms with van der Waals surface area (Å²) in [4.78, 5) is 9.08. The number of halogens is 1. The van der Waals surface area contributed by atoms with Gasteiger partial charge in [-0.3, -0.25) is 0 Å². The van der Waals surface area contributed by atoms with Crippen molar-refractivity contribution in [2.75, 3.05) is 5.32 Å². The van der Waals surface area contributed by atoms with Gasteiger partial charge in [-0.05, 0) is 42.1 Å². The molecule has 0 bridgehead atoms. The molecule has 19 heavy (non-hydrogen) atoms. The topological polar surface area (TPSA) is 37.8 Å². The van der Waals surface area contributed by atoms with Gasteiger partial charge in [0.1, 0.15) is 16.2 Å². The van der Waals surface area contributed by atoms with Gasteiger partial charge in [0.25, 0.3) is 0 Å². The SMILES string of the molecule is CCCCCCC(C)Nc1cc(Br)nc(C2CC2)n1. The van der Waals surface area contributed by atoms with E-state index in [1.807, 2.05) is 6.07 Å². The Labute approximate surface area is 124 Å². The molecule has 2 rings (SSSR count). The van der Waals surface area contributed by atoms with Gasteiger partial charge >= 0.3 is 0 Å². The molecule has 1 aliphatic carbocycles. The second kappa shape index (κ2) is 7.22. The van der Waals surface area contributed by atoms with Crippen LogP contribution in [0.25, 0.3) is 0 Å². The highest BCUT2D eigenvalue weighted by atomic mass is 79.9. The first kappa shape index (κ1) is 14.8. The van der Waals surface area contributed by atoms with Crippen LogP contribution in [0.4, 0.5) is 5.82 Å². The molecule has 1 fully saturated rings. The Balaban J connectivity index is 1.83. The van der Waals surface area contributed by atoms with Crippen LogP contribution in [0.5, 0.6) is 0 Å². The molecule has 0 aromatic carbocycles. The minimum Gasteiger partial charge on any atom is -0.367 e. The Morgan fingerprint density at radius 2 is 2.11 bits per heavy atom. The standard InChI is InChI=1S/C15H24BrN3/c1-3-4-5-6-7-11(2)17-14-10-13(16)18-15(19-14)12-8-9-12/h10-12H,3-9H2,1-2H3,(H,17,18,19). The molecule has 1 aliphatic rings. The average molecular weight is 326 g/mol. The summed E-state index contributed by atoms with van der Waals surface area (Å²) >= 11 is 3.48. The smallest absolute Gasteiger partial charge is 0.135 e. The lowest BCUT2D eigenvalue weighted by atomic mass is 10.1. The number of anilines is 1. The van der Waals surface area contributed by atoms with Gasteiger partial charge in [-0.1, -0.05) is 32.6 Å². The average Bonchev–Trinajstić information content (AvgIpc) is 3.18. The highest BCUT2D eigenvalue weighted by Gasteiger charge is 2.27. The first-order valence-electron chi connectivity index (χ1n) is 7.50. The van der Waals surface area contributed by atoms with Gasteiger partial charge in [0.2, 0.25) is 0 Å². The summed E-state index contributed by atoms with van der Waals surface area (Å²) in [6, 6.07) is 2.46. The van der Waals surface area contributed by atoms with E-state index in [9.17, 15) is 0 Å². The number of hydrogen-bond acceptors (Lipinski definition) is 3. The highest BCUT2D eigenvalue weighted by molar-refractivity contribution is 9.10. The molecular formula is C15H24BrN3. The van der Waals surface area contributed by atoms with Crippen molar-refractivity contribution in [3.8, 4) is 0 Å². The molecule has 1 aromatic heterocycles. The summed E-state index contributed by atoms with van der Waals surface area (Å²) in [6.45, 7) is 4.48. The van der Waals surface area contributed by atoms with Crippen molar-refractivity contribution in [1.29, 1.82) is 0 Å². The molecule has 3 nitrogen and oxygen atoms in total. The van der Waals surface area contributed by atoms with Crippen LogP contribution in [0.2, 0.25) is 0 Å².